The van der Waals surface area contributed by atoms with E-state index in [1.807, 2.05) is 12.1 Å². The number of aromatic nitrogens is 3. The number of rotatable bonds is 6. The van der Waals surface area contributed by atoms with Gasteiger partial charge in [-0.05, 0) is 36.1 Å². The predicted molar refractivity (Wildman–Crippen MR) is 125 cm³/mol. The summed E-state index contributed by atoms with van der Waals surface area (Å²) in [5, 5.41) is 19.3. The minimum Gasteiger partial charge on any atom is -0.493 e. The van der Waals surface area contributed by atoms with Crippen LogP contribution in [-0.4, -0.2) is 46.8 Å². The molecule has 5 rings (SSSR count). The molecule has 0 radical (unpaired) electrons. The summed E-state index contributed by atoms with van der Waals surface area (Å²) in [6.45, 7) is 0. The second kappa shape index (κ2) is 8.75. The van der Waals surface area contributed by atoms with Gasteiger partial charge in [0.25, 0.3) is 5.69 Å². The molecule has 35 heavy (non-hydrogen) atoms. The molecular formula is C24H23N5O6. The van der Waals surface area contributed by atoms with Gasteiger partial charge in [-0.2, -0.15) is 10.1 Å². The fraction of sp³-hybridized carbons (Fsp3) is 0.292. The van der Waals surface area contributed by atoms with Gasteiger partial charge >= 0.3 is 0 Å². The maximum absolute atomic E-state index is 13.6. The van der Waals surface area contributed by atoms with Crippen molar-refractivity contribution in [2.75, 3.05) is 26.6 Å². The van der Waals surface area contributed by atoms with E-state index in [1.54, 1.807) is 32.4 Å². The first kappa shape index (κ1) is 22.4. The van der Waals surface area contributed by atoms with Crippen LogP contribution in [0.4, 0.5) is 11.6 Å². The molecule has 2 aliphatic rings. The number of allylic oxidation sites excluding steroid dienone is 2. The van der Waals surface area contributed by atoms with E-state index in [-0.39, 0.29) is 23.8 Å². The number of carbonyl (C=O) groups excluding carboxylic acids is 1. The quantitative estimate of drug-likeness (QED) is 0.418. The number of nitrogens with zero attached hydrogens (tertiary/aromatic N) is 4. The fourth-order valence-corrected chi connectivity index (χ4v) is 4.90. The number of carbonyl (C=O) groups is 1. The van der Waals surface area contributed by atoms with E-state index in [1.165, 1.54) is 24.2 Å². The highest BCUT2D eigenvalue weighted by Crippen LogP contribution is 2.47. The van der Waals surface area contributed by atoms with Crippen LogP contribution in [0, 0.1) is 10.1 Å². The van der Waals surface area contributed by atoms with Crippen molar-refractivity contribution in [3.8, 4) is 17.2 Å². The van der Waals surface area contributed by atoms with Crippen LogP contribution >= 0.6 is 0 Å². The molecular weight excluding hydrogens is 454 g/mol. The van der Waals surface area contributed by atoms with E-state index in [2.05, 4.69) is 15.4 Å². The van der Waals surface area contributed by atoms with Crippen LogP contribution in [-0.2, 0) is 4.79 Å². The molecule has 0 fully saturated rings. The number of nitro benzene ring substituents is 1. The van der Waals surface area contributed by atoms with Crippen molar-refractivity contribution in [3.63, 3.8) is 0 Å². The van der Waals surface area contributed by atoms with Crippen molar-refractivity contribution in [3.05, 3.63) is 75.2 Å². The zero-order valence-electron chi connectivity index (χ0n) is 19.3. The highest BCUT2D eigenvalue weighted by Gasteiger charge is 2.41. The first-order valence-electron chi connectivity index (χ1n) is 10.9. The van der Waals surface area contributed by atoms with Gasteiger partial charge in [0.05, 0.1) is 31.8 Å². The van der Waals surface area contributed by atoms with Crippen molar-refractivity contribution in [1.29, 1.82) is 0 Å². The van der Waals surface area contributed by atoms with E-state index in [0.29, 0.717) is 46.5 Å². The van der Waals surface area contributed by atoms with Gasteiger partial charge in [-0.25, -0.2) is 4.68 Å². The number of benzene rings is 2. The van der Waals surface area contributed by atoms with Gasteiger partial charge < -0.3 is 19.5 Å². The average Bonchev–Trinajstić information content (AvgIpc) is 3.34. The minimum atomic E-state index is -0.751. The van der Waals surface area contributed by atoms with Gasteiger partial charge in [-0.3, -0.25) is 14.9 Å². The average molecular weight is 477 g/mol. The number of ether oxygens (including phenoxy) is 3. The maximum atomic E-state index is 13.6. The van der Waals surface area contributed by atoms with Gasteiger partial charge in [-0.1, -0.05) is 12.1 Å². The molecule has 2 atom stereocenters. The van der Waals surface area contributed by atoms with E-state index in [4.69, 9.17) is 14.2 Å². The van der Waals surface area contributed by atoms with Gasteiger partial charge in [-0.15, -0.1) is 0 Å². The molecule has 11 heteroatoms. The Bertz CT molecular complexity index is 1340. The molecule has 2 heterocycles. The second-order valence-electron chi connectivity index (χ2n) is 8.25. The Morgan fingerprint density at radius 1 is 1.09 bits per heavy atom. The molecule has 0 saturated heterocycles. The summed E-state index contributed by atoms with van der Waals surface area (Å²) in [5.74, 6) is 1.60. The summed E-state index contributed by atoms with van der Waals surface area (Å²) in [6, 6.07) is 9.34. The molecule has 3 aromatic rings. The van der Waals surface area contributed by atoms with Crippen LogP contribution in [0.3, 0.4) is 0 Å². The topological polar surface area (TPSA) is 131 Å². The monoisotopic (exact) mass is 477 g/mol. The van der Waals surface area contributed by atoms with Crippen molar-refractivity contribution < 1.29 is 23.9 Å². The lowest BCUT2D eigenvalue weighted by atomic mass is 9.77. The number of ketones is 1. The first-order valence-corrected chi connectivity index (χ1v) is 10.9. The molecule has 1 aliphatic carbocycles. The normalized spacial score (nSPS) is 18.9. The Morgan fingerprint density at radius 3 is 2.46 bits per heavy atom. The second-order valence-corrected chi connectivity index (χ2v) is 8.25. The summed E-state index contributed by atoms with van der Waals surface area (Å²) in [5.41, 5.74) is 2.30. The molecule has 1 aliphatic heterocycles. The van der Waals surface area contributed by atoms with Crippen LogP contribution in [0.15, 0.2) is 54.0 Å². The largest absolute Gasteiger partial charge is 0.493 e. The zero-order chi connectivity index (χ0) is 24.7. The lowest BCUT2D eigenvalue weighted by Crippen LogP contribution is -2.33. The number of anilines is 1. The van der Waals surface area contributed by atoms with E-state index >= 15 is 0 Å². The number of Topliss-reactive ketones (excluding diaryl/α,β-unsaturated/α-hetero) is 1. The number of fused-ring (bicyclic) bond motifs is 1. The van der Waals surface area contributed by atoms with Gasteiger partial charge in [0.1, 0.15) is 12.4 Å². The number of nitrogens with one attached hydrogen (secondary N) is 1. The zero-order valence-corrected chi connectivity index (χ0v) is 19.3. The van der Waals surface area contributed by atoms with E-state index in [9.17, 15) is 14.9 Å². The molecule has 1 aromatic heterocycles. The molecule has 0 saturated carbocycles. The summed E-state index contributed by atoms with van der Waals surface area (Å²) < 4.78 is 17.9. The number of methoxy groups -OCH3 is 3. The van der Waals surface area contributed by atoms with Gasteiger partial charge in [0.15, 0.2) is 17.3 Å². The molecule has 1 N–H and O–H groups in total. The Labute approximate surface area is 200 Å². The van der Waals surface area contributed by atoms with Gasteiger partial charge in [0.2, 0.25) is 11.7 Å². The van der Waals surface area contributed by atoms with E-state index in [0.717, 1.165) is 5.56 Å². The predicted octanol–water partition coefficient (Wildman–Crippen LogP) is 3.63. The number of hydrogen-bond donors (Lipinski definition) is 1. The van der Waals surface area contributed by atoms with Crippen molar-refractivity contribution in [1.82, 2.24) is 14.8 Å². The highest BCUT2D eigenvalue weighted by molar-refractivity contribution is 6.00. The fourth-order valence-electron chi connectivity index (χ4n) is 4.90. The van der Waals surface area contributed by atoms with Crippen molar-refractivity contribution >= 4 is 17.4 Å². The SMILES string of the molecule is COc1cc([C@@H]2CC(=O)C3=C(C2)Nc2ncnn2[C@H]3c2ccccc2[N+](=O)[O-])cc(OC)c1OC. The molecule has 180 valence electrons. The standard InChI is InChI=1S/C24H23N5O6/c1-33-19-10-14(11-20(34-2)23(19)35-3)13-8-16-21(18(30)9-13)22(28-24(27-16)25-12-26-28)15-6-4-5-7-17(15)29(31)32/h4-7,10-13,22H,8-9H2,1-3H3,(H,25,26,27)/t13-,22-/m0/s1. The highest BCUT2D eigenvalue weighted by atomic mass is 16.6. The van der Waals surface area contributed by atoms with E-state index < -0.39 is 11.0 Å². The van der Waals surface area contributed by atoms with Crippen LogP contribution in [0.1, 0.15) is 35.9 Å². The Kier molecular flexibility index (Phi) is 5.59. The smallest absolute Gasteiger partial charge is 0.275 e. The first-order chi connectivity index (χ1) is 17.0. The van der Waals surface area contributed by atoms with Crippen LogP contribution < -0.4 is 19.5 Å². The molecule has 0 unspecified atom stereocenters. The number of para-hydroxylation sites is 1. The Morgan fingerprint density at radius 2 is 1.80 bits per heavy atom. The lowest BCUT2D eigenvalue weighted by Gasteiger charge is -2.35. The Hall–Kier alpha value is -4.41. The minimum absolute atomic E-state index is 0.0766. The van der Waals surface area contributed by atoms with Crippen molar-refractivity contribution in [2.24, 2.45) is 0 Å². The molecule has 0 spiro atoms. The summed E-state index contributed by atoms with van der Waals surface area (Å²) in [7, 11) is 4.62. The Balaban J connectivity index is 1.61. The number of nitro groups is 1. The molecule has 11 nitrogen and oxygen atoms in total. The molecule has 0 bridgehead atoms. The summed E-state index contributed by atoms with van der Waals surface area (Å²) in [6.07, 6.45) is 2.06. The van der Waals surface area contributed by atoms with Crippen LogP contribution in [0.2, 0.25) is 0 Å². The van der Waals surface area contributed by atoms with Crippen LogP contribution in [0.5, 0.6) is 17.2 Å². The van der Waals surface area contributed by atoms with Crippen LogP contribution in [0.25, 0.3) is 0 Å². The van der Waals surface area contributed by atoms with Crippen molar-refractivity contribution in [2.45, 2.75) is 24.8 Å². The third-order valence-corrected chi connectivity index (χ3v) is 6.45. The summed E-state index contributed by atoms with van der Waals surface area (Å²) in [4.78, 5) is 29.2. The third kappa shape index (κ3) is 3.65. The maximum Gasteiger partial charge on any atom is 0.275 e. The molecule has 0 amide bonds. The summed E-state index contributed by atoms with van der Waals surface area (Å²) >= 11 is 0. The van der Waals surface area contributed by atoms with Gasteiger partial charge in [0, 0.05) is 23.8 Å². The third-order valence-electron chi connectivity index (χ3n) is 6.45. The number of hydrogen-bond acceptors (Lipinski definition) is 9. The molecule has 2 aromatic carbocycles. The lowest BCUT2D eigenvalue weighted by molar-refractivity contribution is -0.385.